The molecule has 1 aromatic carbocycles. The zero-order chi connectivity index (χ0) is 13.5. The molecular weight excluding hydrogens is 222 g/mol. The van der Waals surface area contributed by atoms with Gasteiger partial charge >= 0.3 is 0 Å². The fourth-order valence-corrected chi connectivity index (χ4v) is 2.74. The molecule has 0 bridgehead atoms. The van der Waals surface area contributed by atoms with Crippen LogP contribution in [0.5, 0.6) is 5.75 Å². The lowest BCUT2D eigenvalue weighted by atomic mass is 9.87. The van der Waals surface area contributed by atoms with Crippen LogP contribution < -0.4 is 10.5 Å². The number of benzene rings is 1. The Hall–Kier alpha value is -1.02. The maximum Gasteiger partial charge on any atom is 0.125 e. The zero-order valence-corrected chi connectivity index (χ0v) is 12.3. The molecule has 0 saturated heterocycles. The number of rotatable bonds is 7. The van der Waals surface area contributed by atoms with E-state index >= 15 is 0 Å². The molecule has 0 spiro atoms. The Labute approximate surface area is 112 Å². The molecule has 0 aromatic heterocycles. The molecule has 18 heavy (non-hydrogen) atoms. The van der Waals surface area contributed by atoms with Gasteiger partial charge in [0.1, 0.15) is 5.75 Å². The van der Waals surface area contributed by atoms with Crippen molar-refractivity contribution in [1.82, 2.24) is 0 Å². The molecule has 1 rings (SSSR count). The summed E-state index contributed by atoms with van der Waals surface area (Å²) in [5.74, 6) is 1.64. The molecule has 0 saturated carbocycles. The maximum absolute atomic E-state index is 5.65. The molecule has 0 aliphatic rings. The average Bonchev–Trinajstić information content (AvgIpc) is 2.33. The normalized spacial score (nSPS) is 12.5. The molecule has 1 atom stereocenters. The van der Waals surface area contributed by atoms with E-state index in [4.69, 9.17) is 10.5 Å². The molecule has 102 valence electrons. The quantitative estimate of drug-likeness (QED) is 0.794. The van der Waals surface area contributed by atoms with Crippen LogP contribution in [-0.4, -0.2) is 13.7 Å². The summed E-state index contributed by atoms with van der Waals surface area (Å²) in [7, 11) is 1.77. The van der Waals surface area contributed by atoms with Crippen LogP contribution in [-0.2, 0) is 0 Å². The van der Waals surface area contributed by atoms with Gasteiger partial charge in [0.15, 0.2) is 0 Å². The van der Waals surface area contributed by atoms with Gasteiger partial charge in [-0.3, -0.25) is 0 Å². The first-order chi connectivity index (χ1) is 8.63. The van der Waals surface area contributed by atoms with Crippen molar-refractivity contribution < 1.29 is 4.74 Å². The molecule has 0 radical (unpaired) electrons. The third-order valence-corrected chi connectivity index (χ3v) is 3.49. The lowest BCUT2D eigenvalue weighted by molar-refractivity contribution is 0.397. The molecule has 1 aromatic rings. The van der Waals surface area contributed by atoms with Gasteiger partial charge in [-0.05, 0) is 56.7 Å². The standard InChI is InChI=1S/C16H27NO/c1-5-7-14(8-6-9-17)15-11-12(2)10-13(3)16(15)18-4/h10-11,14H,5-9,17H2,1-4H3. The van der Waals surface area contributed by atoms with Gasteiger partial charge in [0, 0.05) is 0 Å². The summed E-state index contributed by atoms with van der Waals surface area (Å²) in [5.41, 5.74) is 9.57. The molecule has 0 amide bonds. The molecule has 2 nitrogen and oxygen atoms in total. The number of nitrogens with two attached hydrogens (primary N) is 1. The third-order valence-electron chi connectivity index (χ3n) is 3.49. The number of hydrogen-bond acceptors (Lipinski definition) is 2. The zero-order valence-electron chi connectivity index (χ0n) is 12.3. The van der Waals surface area contributed by atoms with Crippen LogP contribution >= 0.6 is 0 Å². The van der Waals surface area contributed by atoms with Crippen molar-refractivity contribution in [3.63, 3.8) is 0 Å². The number of aryl methyl sites for hydroxylation is 2. The lowest BCUT2D eigenvalue weighted by Gasteiger charge is -2.21. The van der Waals surface area contributed by atoms with E-state index in [-0.39, 0.29) is 0 Å². The Morgan fingerprint density at radius 3 is 2.50 bits per heavy atom. The third kappa shape index (κ3) is 3.74. The highest BCUT2D eigenvalue weighted by Crippen LogP contribution is 2.36. The highest BCUT2D eigenvalue weighted by atomic mass is 16.5. The summed E-state index contributed by atoms with van der Waals surface area (Å²) in [6.07, 6.45) is 4.65. The van der Waals surface area contributed by atoms with Crippen molar-refractivity contribution in [1.29, 1.82) is 0 Å². The van der Waals surface area contributed by atoms with Gasteiger partial charge < -0.3 is 10.5 Å². The highest BCUT2D eigenvalue weighted by molar-refractivity contribution is 5.45. The van der Waals surface area contributed by atoms with E-state index in [1.807, 2.05) is 0 Å². The average molecular weight is 249 g/mol. The number of hydrogen-bond donors (Lipinski definition) is 1. The lowest BCUT2D eigenvalue weighted by Crippen LogP contribution is -2.07. The topological polar surface area (TPSA) is 35.2 Å². The first kappa shape index (κ1) is 15.0. The monoisotopic (exact) mass is 249 g/mol. The second-order valence-electron chi connectivity index (χ2n) is 5.12. The van der Waals surface area contributed by atoms with Gasteiger partial charge in [-0.2, -0.15) is 0 Å². The molecule has 0 aliphatic carbocycles. The van der Waals surface area contributed by atoms with Gasteiger partial charge in [-0.15, -0.1) is 0 Å². The highest BCUT2D eigenvalue weighted by Gasteiger charge is 2.17. The number of ether oxygens (including phenoxy) is 1. The largest absolute Gasteiger partial charge is 0.496 e. The molecule has 1 unspecified atom stereocenters. The van der Waals surface area contributed by atoms with Gasteiger partial charge in [0.05, 0.1) is 7.11 Å². The minimum atomic E-state index is 0.576. The smallest absolute Gasteiger partial charge is 0.125 e. The SMILES string of the molecule is CCCC(CCCN)c1cc(C)cc(C)c1OC. The molecule has 0 aliphatic heterocycles. The van der Waals surface area contributed by atoms with E-state index in [0.717, 1.165) is 25.1 Å². The number of methoxy groups -OCH3 is 1. The first-order valence-electron chi connectivity index (χ1n) is 6.99. The van der Waals surface area contributed by atoms with Crippen molar-refractivity contribution in [2.24, 2.45) is 5.73 Å². The molecular formula is C16H27NO. The van der Waals surface area contributed by atoms with E-state index in [1.165, 1.54) is 29.5 Å². The molecule has 0 heterocycles. The summed E-state index contributed by atoms with van der Waals surface area (Å²) >= 11 is 0. The van der Waals surface area contributed by atoms with E-state index in [0.29, 0.717) is 5.92 Å². The summed E-state index contributed by atoms with van der Waals surface area (Å²) in [4.78, 5) is 0. The minimum absolute atomic E-state index is 0.576. The van der Waals surface area contributed by atoms with Crippen LogP contribution in [0.15, 0.2) is 12.1 Å². The Morgan fingerprint density at radius 2 is 1.94 bits per heavy atom. The van der Waals surface area contributed by atoms with Crippen molar-refractivity contribution in [3.05, 3.63) is 28.8 Å². The van der Waals surface area contributed by atoms with Gasteiger partial charge in [-0.25, -0.2) is 0 Å². The summed E-state index contributed by atoms with van der Waals surface area (Å²) in [5, 5.41) is 0. The predicted molar refractivity (Wildman–Crippen MR) is 78.4 cm³/mol. The molecule has 2 heteroatoms. The van der Waals surface area contributed by atoms with Crippen LogP contribution in [0.25, 0.3) is 0 Å². The van der Waals surface area contributed by atoms with Gasteiger partial charge in [-0.1, -0.05) is 31.0 Å². The predicted octanol–water partition coefficient (Wildman–Crippen LogP) is 3.93. The summed E-state index contributed by atoms with van der Waals surface area (Å²) in [6.45, 7) is 7.29. The van der Waals surface area contributed by atoms with Crippen molar-refractivity contribution in [3.8, 4) is 5.75 Å². The van der Waals surface area contributed by atoms with Crippen molar-refractivity contribution in [2.75, 3.05) is 13.7 Å². The second-order valence-corrected chi connectivity index (χ2v) is 5.12. The van der Waals surface area contributed by atoms with Crippen LogP contribution in [0.1, 0.15) is 55.2 Å². The van der Waals surface area contributed by atoms with Crippen LogP contribution in [0, 0.1) is 13.8 Å². The minimum Gasteiger partial charge on any atom is -0.496 e. The summed E-state index contributed by atoms with van der Waals surface area (Å²) in [6, 6.07) is 4.47. The Bertz CT molecular complexity index is 374. The van der Waals surface area contributed by atoms with E-state index < -0.39 is 0 Å². The second kappa shape index (κ2) is 7.42. The van der Waals surface area contributed by atoms with Crippen molar-refractivity contribution in [2.45, 2.75) is 52.4 Å². The van der Waals surface area contributed by atoms with Gasteiger partial charge in [0.2, 0.25) is 0 Å². The van der Waals surface area contributed by atoms with Crippen LogP contribution in [0.4, 0.5) is 0 Å². The molecule has 0 fully saturated rings. The van der Waals surface area contributed by atoms with E-state index in [2.05, 4.69) is 32.9 Å². The molecule has 2 N–H and O–H groups in total. The maximum atomic E-state index is 5.65. The Morgan fingerprint density at radius 1 is 1.22 bits per heavy atom. The van der Waals surface area contributed by atoms with Crippen LogP contribution in [0.2, 0.25) is 0 Å². The Kier molecular flexibility index (Phi) is 6.20. The summed E-state index contributed by atoms with van der Waals surface area (Å²) < 4.78 is 5.61. The van der Waals surface area contributed by atoms with Crippen LogP contribution in [0.3, 0.4) is 0 Å². The van der Waals surface area contributed by atoms with Gasteiger partial charge in [0.25, 0.3) is 0 Å². The first-order valence-corrected chi connectivity index (χ1v) is 6.99. The Balaban J connectivity index is 3.08. The fraction of sp³-hybridized carbons (Fsp3) is 0.625. The van der Waals surface area contributed by atoms with E-state index in [9.17, 15) is 0 Å². The fourth-order valence-electron chi connectivity index (χ4n) is 2.74. The van der Waals surface area contributed by atoms with E-state index in [1.54, 1.807) is 7.11 Å². The van der Waals surface area contributed by atoms with Crippen molar-refractivity contribution >= 4 is 0 Å².